The number of hydrogen-bond acceptors (Lipinski definition) is 7. The van der Waals surface area contributed by atoms with Gasteiger partial charge >= 0.3 is 12.1 Å². The number of aromatic nitrogens is 3. The number of aromatic carboxylic acids is 1. The second kappa shape index (κ2) is 11.9. The summed E-state index contributed by atoms with van der Waals surface area (Å²) < 4.78 is 61.1. The van der Waals surface area contributed by atoms with Crippen LogP contribution in [0.25, 0.3) is 11.0 Å². The van der Waals surface area contributed by atoms with Gasteiger partial charge in [-0.3, -0.25) is 4.90 Å². The van der Waals surface area contributed by atoms with Crippen molar-refractivity contribution in [3.8, 4) is 11.6 Å². The van der Waals surface area contributed by atoms with Crippen molar-refractivity contribution >= 4 is 28.6 Å². The molecule has 2 aliphatic rings. The molecule has 2 atom stereocenters. The van der Waals surface area contributed by atoms with Gasteiger partial charge in [0, 0.05) is 23.7 Å². The largest absolute Gasteiger partial charge is 0.496 e. The molecule has 0 aliphatic carbocycles. The van der Waals surface area contributed by atoms with Crippen molar-refractivity contribution in [3.63, 3.8) is 0 Å². The topological polar surface area (TPSA) is 98.9 Å². The minimum Gasteiger partial charge on any atom is -0.496 e. The minimum atomic E-state index is -4.66. The molecule has 2 aromatic heterocycles. The van der Waals surface area contributed by atoms with Crippen molar-refractivity contribution in [2.45, 2.75) is 57.8 Å². The van der Waals surface area contributed by atoms with E-state index in [0.717, 1.165) is 12.5 Å². The van der Waals surface area contributed by atoms with Gasteiger partial charge in [0.25, 0.3) is 0 Å². The quantitative estimate of drug-likeness (QED) is 0.230. The Labute approximate surface area is 256 Å². The van der Waals surface area contributed by atoms with Crippen LogP contribution in [-0.4, -0.2) is 56.9 Å². The van der Waals surface area contributed by atoms with Gasteiger partial charge in [-0.2, -0.15) is 13.2 Å². The SMILES string of the molecule is COc1cc(Cl)ccc1COc1nc2c(cc1C(F)(F)F)CCN(Cc1nc3ccc(C(=O)O)cc3n1C[C@@H]1CCO1)[C@H]2C. The van der Waals surface area contributed by atoms with Crippen molar-refractivity contribution < 1.29 is 37.3 Å². The summed E-state index contributed by atoms with van der Waals surface area (Å²) in [7, 11) is 1.45. The number of carboxylic acid groups (broad SMARTS) is 1. The summed E-state index contributed by atoms with van der Waals surface area (Å²) in [6.07, 6.45) is -3.41. The first kappa shape index (κ1) is 30.2. The molecule has 232 valence electrons. The predicted molar refractivity (Wildman–Crippen MR) is 155 cm³/mol. The van der Waals surface area contributed by atoms with E-state index in [2.05, 4.69) is 9.88 Å². The normalized spacial score (nSPS) is 18.6. The molecular formula is C31H30ClF3N4O5. The highest BCUT2D eigenvalue weighted by atomic mass is 35.5. The Bertz CT molecular complexity index is 1720. The number of imidazole rings is 1. The van der Waals surface area contributed by atoms with Gasteiger partial charge in [0.05, 0.1) is 54.6 Å². The first-order valence-electron chi connectivity index (χ1n) is 14.2. The summed E-state index contributed by atoms with van der Waals surface area (Å²) in [4.78, 5) is 23.0. The number of rotatable bonds is 9. The van der Waals surface area contributed by atoms with Crippen molar-refractivity contribution in [1.82, 2.24) is 19.4 Å². The van der Waals surface area contributed by atoms with E-state index in [-0.39, 0.29) is 24.3 Å². The lowest BCUT2D eigenvalue weighted by atomic mass is 9.97. The van der Waals surface area contributed by atoms with E-state index in [9.17, 15) is 23.1 Å². The number of nitrogens with zero attached hydrogens (tertiary/aromatic N) is 4. The van der Waals surface area contributed by atoms with Crippen LogP contribution in [0.5, 0.6) is 11.6 Å². The molecular weight excluding hydrogens is 601 g/mol. The highest BCUT2D eigenvalue weighted by molar-refractivity contribution is 6.30. The van der Waals surface area contributed by atoms with E-state index >= 15 is 0 Å². The van der Waals surface area contributed by atoms with Crippen LogP contribution < -0.4 is 9.47 Å². The first-order valence-corrected chi connectivity index (χ1v) is 14.5. The minimum absolute atomic E-state index is 0.000525. The number of carbonyl (C=O) groups is 1. The number of benzene rings is 2. The smallest absolute Gasteiger partial charge is 0.421 e. The molecule has 9 nitrogen and oxygen atoms in total. The summed E-state index contributed by atoms with van der Waals surface area (Å²) in [5, 5.41) is 9.97. The second-order valence-corrected chi connectivity index (χ2v) is 11.4. The third-order valence-electron chi connectivity index (χ3n) is 8.23. The molecule has 4 aromatic rings. The van der Waals surface area contributed by atoms with Crippen LogP contribution in [0.3, 0.4) is 0 Å². The zero-order chi connectivity index (χ0) is 31.2. The van der Waals surface area contributed by atoms with Crippen LogP contribution in [0.1, 0.15) is 58.0 Å². The number of methoxy groups -OCH3 is 1. The van der Waals surface area contributed by atoms with Crippen LogP contribution in [-0.2, 0) is 37.0 Å². The van der Waals surface area contributed by atoms with Crippen molar-refractivity contribution in [2.75, 3.05) is 20.3 Å². The fraction of sp³-hybridized carbons (Fsp3) is 0.387. The number of alkyl halides is 3. The number of hydrogen-bond donors (Lipinski definition) is 1. The third-order valence-corrected chi connectivity index (χ3v) is 8.46. The number of halogens is 4. The van der Waals surface area contributed by atoms with Crippen molar-refractivity contribution in [2.24, 2.45) is 0 Å². The van der Waals surface area contributed by atoms with Gasteiger partial charge in [0.15, 0.2) is 0 Å². The Hall–Kier alpha value is -3.87. The van der Waals surface area contributed by atoms with Crippen LogP contribution in [0, 0.1) is 0 Å². The zero-order valence-corrected chi connectivity index (χ0v) is 24.8. The summed E-state index contributed by atoms with van der Waals surface area (Å²) in [5.41, 5.74) is 2.13. The molecule has 0 unspecified atom stereocenters. The fourth-order valence-electron chi connectivity index (χ4n) is 5.70. The van der Waals surface area contributed by atoms with Crippen molar-refractivity contribution in [3.05, 3.63) is 81.3 Å². The molecule has 13 heteroatoms. The fourth-order valence-corrected chi connectivity index (χ4v) is 5.86. The Morgan fingerprint density at radius 2 is 1.98 bits per heavy atom. The maximum absolute atomic E-state index is 14.1. The van der Waals surface area contributed by atoms with E-state index in [0.29, 0.717) is 77.1 Å². The third kappa shape index (κ3) is 5.93. The zero-order valence-electron chi connectivity index (χ0n) is 24.0. The molecule has 0 spiro atoms. The average molecular weight is 631 g/mol. The lowest BCUT2D eigenvalue weighted by Crippen LogP contribution is -2.36. The Morgan fingerprint density at radius 1 is 1.18 bits per heavy atom. The van der Waals surface area contributed by atoms with Crippen LogP contribution in [0.2, 0.25) is 5.02 Å². The lowest BCUT2D eigenvalue weighted by molar-refractivity contribution is -0.139. The number of ether oxygens (including phenoxy) is 3. The molecule has 1 saturated heterocycles. The van der Waals surface area contributed by atoms with Crippen LogP contribution >= 0.6 is 11.6 Å². The molecule has 6 rings (SSSR count). The molecule has 2 aromatic carbocycles. The van der Waals surface area contributed by atoms with Crippen LogP contribution in [0.4, 0.5) is 13.2 Å². The summed E-state index contributed by atoms with van der Waals surface area (Å²) in [6.45, 7) is 3.76. The van der Waals surface area contributed by atoms with Gasteiger partial charge in [-0.25, -0.2) is 14.8 Å². The number of carboxylic acids is 1. The van der Waals surface area contributed by atoms with Gasteiger partial charge in [-0.1, -0.05) is 17.7 Å². The summed E-state index contributed by atoms with van der Waals surface area (Å²) in [5.74, 6) is -0.419. The second-order valence-electron chi connectivity index (χ2n) is 11.0. The van der Waals surface area contributed by atoms with Gasteiger partial charge in [0.2, 0.25) is 5.88 Å². The monoisotopic (exact) mass is 630 g/mol. The summed E-state index contributed by atoms with van der Waals surface area (Å²) in [6, 6.07) is 10.4. The Morgan fingerprint density at radius 3 is 2.66 bits per heavy atom. The molecule has 2 aliphatic heterocycles. The maximum atomic E-state index is 14.1. The standard InChI is InChI=1S/C31H30ClF3N4O5/c1-17-28-18(11-23(31(33,34)35)29(37-28)44-16-20-3-5-21(32)13-26(20)42-2)7-9-38(17)15-27-36-24-6-4-19(30(40)41)12-25(24)39(27)14-22-8-10-43-22/h3-6,11-13,17,22H,7-10,14-16H2,1-2H3,(H,40,41)/t17-,22-/m0/s1. The van der Waals surface area contributed by atoms with Crippen LogP contribution in [0.15, 0.2) is 42.5 Å². The Kier molecular flexibility index (Phi) is 8.16. The molecule has 4 heterocycles. The molecule has 1 N–H and O–H groups in total. The van der Waals surface area contributed by atoms with Gasteiger partial charge in [-0.15, -0.1) is 0 Å². The van der Waals surface area contributed by atoms with E-state index < -0.39 is 23.6 Å². The average Bonchev–Trinajstić information content (AvgIpc) is 3.30. The van der Waals surface area contributed by atoms with E-state index in [1.54, 1.807) is 30.3 Å². The molecule has 0 saturated carbocycles. The molecule has 1 fully saturated rings. The van der Waals surface area contributed by atoms with Crippen molar-refractivity contribution in [1.29, 1.82) is 0 Å². The predicted octanol–water partition coefficient (Wildman–Crippen LogP) is 6.30. The molecule has 0 bridgehead atoms. The van der Waals surface area contributed by atoms with E-state index in [1.807, 2.05) is 11.5 Å². The van der Waals surface area contributed by atoms with E-state index in [1.165, 1.54) is 13.2 Å². The lowest BCUT2D eigenvalue weighted by Gasteiger charge is -2.35. The molecule has 0 amide bonds. The number of fused-ring (bicyclic) bond motifs is 2. The molecule has 0 radical (unpaired) electrons. The highest BCUT2D eigenvalue weighted by Gasteiger charge is 2.38. The first-order chi connectivity index (χ1) is 21.0. The number of pyridine rings is 1. The summed E-state index contributed by atoms with van der Waals surface area (Å²) >= 11 is 6.03. The highest BCUT2D eigenvalue weighted by Crippen LogP contribution is 2.40. The maximum Gasteiger partial charge on any atom is 0.421 e. The van der Waals surface area contributed by atoms with Gasteiger partial charge in [0.1, 0.15) is 23.7 Å². The van der Waals surface area contributed by atoms with Gasteiger partial charge < -0.3 is 23.9 Å². The van der Waals surface area contributed by atoms with E-state index in [4.69, 9.17) is 30.8 Å². The molecule has 44 heavy (non-hydrogen) atoms. The Balaban J connectivity index is 1.30. The van der Waals surface area contributed by atoms with Gasteiger partial charge in [-0.05, 0) is 61.7 Å².